The topological polar surface area (TPSA) is 73.6 Å². The monoisotopic (exact) mass is 440 g/mol. The van der Waals surface area contributed by atoms with E-state index in [1.807, 2.05) is 31.2 Å². The van der Waals surface area contributed by atoms with E-state index in [2.05, 4.69) is 41.0 Å². The van der Waals surface area contributed by atoms with Crippen molar-refractivity contribution in [1.29, 1.82) is 0 Å². The van der Waals surface area contributed by atoms with Crippen LogP contribution >= 0.6 is 0 Å². The number of hydrogen-bond acceptors (Lipinski definition) is 4. The average Bonchev–Trinajstić information content (AvgIpc) is 3.48. The summed E-state index contributed by atoms with van der Waals surface area (Å²) in [5.74, 6) is 2.04. The number of aryl methyl sites for hydroxylation is 1. The number of carbonyl (C=O) groups is 1. The van der Waals surface area contributed by atoms with Gasteiger partial charge in [-0.15, -0.1) is 0 Å². The van der Waals surface area contributed by atoms with Crippen molar-refractivity contribution in [2.24, 2.45) is 0 Å². The first-order valence-corrected chi connectivity index (χ1v) is 11.3. The van der Waals surface area contributed by atoms with Crippen LogP contribution in [0.15, 0.2) is 60.7 Å². The zero-order valence-corrected chi connectivity index (χ0v) is 18.3. The summed E-state index contributed by atoms with van der Waals surface area (Å²) in [5.41, 5.74) is 6.43. The molecular weight excluding hydrogens is 416 g/mol. The Kier molecular flexibility index (Phi) is 4.61. The van der Waals surface area contributed by atoms with Crippen molar-refractivity contribution in [3.05, 3.63) is 83.2 Å². The summed E-state index contributed by atoms with van der Waals surface area (Å²) >= 11 is 0. The fourth-order valence-corrected chi connectivity index (χ4v) is 5.20. The zero-order valence-electron chi connectivity index (χ0n) is 18.3. The first-order chi connectivity index (χ1) is 16.1. The van der Waals surface area contributed by atoms with Gasteiger partial charge in [0.25, 0.3) is 0 Å². The highest BCUT2D eigenvalue weighted by Gasteiger charge is 2.30. The number of carboxylic acid groups (broad SMARTS) is 1. The van der Waals surface area contributed by atoms with E-state index in [1.54, 1.807) is 0 Å². The Bertz CT molecular complexity index is 1390. The minimum Gasteiger partial charge on any atom is -0.493 e. The van der Waals surface area contributed by atoms with Gasteiger partial charge in [0.15, 0.2) is 0 Å². The minimum atomic E-state index is -0.794. The van der Waals surface area contributed by atoms with Gasteiger partial charge in [0.05, 0.1) is 36.4 Å². The number of rotatable bonds is 5. The third-order valence-corrected chi connectivity index (χ3v) is 6.72. The highest BCUT2D eigenvalue weighted by atomic mass is 16.5. The van der Waals surface area contributed by atoms with E-state index in [1.165, 1.54) is 11.1 Å². The number of fused-ring (bicyclic) bond motifs is 3. The van der Waals surface area contributed by atoms with Gasteiger partial charge in [-0.3, -0.25) is 9.36 Å². The summed E-state index contributed by atoms with van der Waals surface area (Å²) in [6.45, 7) is 3.08. The van der Waals surface area contributed by atoms with E-state index in [-0.39, 0.29) is 18.3 Å². The van der Waals surface area contributed by atoms with Gasteiger partial charge in [0.2, 0.25) is 0 Å². The van der Waals surface area contributed by atoms with Gasteiger partial charge < -0.3 is 14.6 Å². The Labute approximate surface area is 191 Å². The molecule has 6 heteroatoms. The predicted octanol–water partition coefficient (Wildman–Crippen LogP) is 5.00. The molecule has 0 aliphatic carbocycles. The second-order valence-electron chi connectivity index (χ2n) is 8.87. The number of imidazole rings is 1. The summed E-state index contributed by atoms with van der Waals surface area (Å²) < 4.78 is 14.2. The van der Waals surface area contributed by atoms with Gasteiger partial charge in [-0.2, -0.15) is 0 Å². The second kappa shape index (κ2) is 7.66. The van der Waals surface area contributed by atoms with Crippen molar-refractivity contribution in [1.82, 2.24) is 9.55 Å². The molecule has 3 heterocycles. The maximum Gasteiger partial charge on any atom is 0.304 e. The number of aliphatic carboxylic acids is 1. The lowest BCUT2D eigenvalue weighted by Crippen LogP contribution is -2.07. The van der Waals surface area contributed by atoms with Crippen molar-refractivity contribution in [2.45, 2.75) is 31.6 Å². The zero-order chi connectivity index (χ0) is 22.5. The molecule has 33 heavy (non-hydrogen) atoms. The van der Waals surface area contributed by atoms with Crippen LogP contribution in [0.3, 0.4) is 0 Å². The molecule has 2 aliphatic heterocycles. The quantitative estimate of drug-likeness (QED) is 0.473. The van der Waals surface area contributed by atoms with Crippen LogP contribution in [0.25, 0.3) is 16.7 Å². The lowest BCUT2D eigenvalue weighted by atomic mass is 9.91. The molecule has 0 bridgehead atoms. The van der Waals surface area contributed by atoms with Crippen LogP contribution in [0.5, 0.6) is 11.5 Å². The van der Waals surface area contributed by atoms with Crippen LogP contribution in [0.2, 0.25) is 0 Å². The van der Waals surface area contributed by atoms with E-state index in [0.29, 0.717) is 13.2 Å². The molecule has 0 fully saturated rings. The number of carboxylic acids is 1. The van der Waals surface area contributed by atoms with Gasteiger partial charge in [-0.25, -0.2) is 4.98 Å². The molecule has 6 rings (SSSR count). The van der Waals surface area contributed by atoms with E-state index in [4.69, 9.17) is 19.6 Å². The molecule has 1 aromatic heterocycles. The number of nitrogens with zero attached hydrogens (tertiary/aromatic N) is 2. The lowest BCUT2D eigenvalue weighted by molar-refractivity contribution is -0.137. The lowest BCUT2D eigenvalue weighted by Gasteiger charge is -2.13. The maximum absolute atomic E-state index is 11.1. The van der Waals surface area contributed by atoms with Crippen molar-refractivity contribution in [3.8, 4) is 17.2 Å². The van der Waals surface area contributed by atoms with E-state index < -0.39 is 5.97 Å². The Hall–Kier alpha value is -3.80. The van der Waals surface area contributed by atoms with Crippen LogP contribution in [-0.2, 0) is 11.2 Å². The SMILES string of the molecule is Cc1nc2ccccc2n1-c1cccc2c1OC[C@H]2Cc1ccc2c(c1)OC[C@H]2CC(=O)O. The average molecular weight is 440 g/mol. The second-order valence-corrected chi connectivity index (χ2v) is 8.87. The maximum atomic E-state index is 11.1. The van der Waals surface area contributed by atoms with Gasteiger partial charge in [0, 0.05) is 23.0 Å². The van der Waals surface area contributed by atoms with Gasteiger partial charge >= 0.3 is 5.97 Å². The Morgan fingerprint density at radius 2 is 1.88 bits per heavy atom. The van der Waals surface area contributed by atoms with Crippen LogP contribution in [0.1, 0.15) is 40.8 Å². The first-order valence-electron chi connectivity index (χ1n) is 11.3. The van der Waals surface area contributed by atoms with Gasteiger partial charge in [-0.1, -0.05) is 36.4 Å². The standard InChI is InChI=1S/C27H24N2O4/c1-16-28-22-6-2-3-7-23(22)29(16)24-8-4-5-21-18(15-33-27(21)24)11-17-9-10-20-19(13-26(30)31)14-32-25(20)12-17/h2-10,12,18-19H,11,13-15H2,1H3,(H,30,31)/t18-,19-/m1/s1. The third-order valence-electron chi connectivity index (χ3n) is 6.72. The number of ether oxygens (including phenoxy) is 2. The molecule has 3 aromatic carbocycles. The Morgan fingerprint density at radius 1 is 1.03 bits per heavy atom. The molecule has 6 nitrogen and oxygen atoms in total. The highest BCUT2D eigenvalue weighted by Crippen LogP contribution is 2.43. The largest absolute Gasteiger partial charge is 0.493 e. The summed E-state index contributed by atoms with van der Waals surface area (Å²) in [5, 5.41) is 9.13. The molecule has 0 spiro atoms. The molecule has 166 valence electrons. The fraction of sp³-hybridized carbons (Fsp3) is 0.259. The Morgan fingerprint density at radius 3 is 2.76 bits per heavy atom. The summed E-state index contributed by atoms with van der Waals surface area (Å²) in [6, 6.07) is 20.7. The van der Waals surface area contributed by atoms with Crippen molar-refractivity contribution < 1.29 is 19.4 Å². The fourth-order valence-electron chi connectivity index (χ4n) is 5.20. The molecule has 1 N–H and O–H groups in total. The van der Waals surface area contributed by atoms with E-state index >= 15 is 0 Å². The predicted molar refractivity (Wildman–Crippen MR) is 125 cm³/mol. The minimum absolute atomic E-state index is 0.0714. The molecule has 2 atom stereocenters. The molecule has 0 saturated heterocycles. The van der Waals surface area contributed by atoms with Crippen molar-refractivity contribution in [3.63, 3.8) is 0 Å². The first kappa shape index (κ1) is 19.9. The van der Waals surface area contributed by atoms with Gasteiger partial charge in [0.1, 0.15) is 17.3 Å². The summed E-state index contributed by atoms with van der Waals surface area (Å²) in [4.78, 5) is 15.8. The van der Waals surface area contributed by atoms with Crippen molar-refractivity contribution >= 4 is 17.0 Å². The van der Waals surface area contributed by atoms with E-state index in [9.17, 15) is 4.79 Å². The summed E-state index contributed by atoms with van der Waals surface area (Å²) in [7, 11) is 0. The van der Waals surface area contributed by atoms with Gasteiger partial charge in [-0.05, 0) is 43.2 Å². The number of benzene rings is 3. The smallest absolute Gasteiger partial charge is 0.304 e. The molecule has 4 aromatic rings. The highest BCUT2D eigenvalue weighted by molar-refractivity contribution is 5.79. The molecule has 0 saturated carbocycles. The molecule has 2 aliphatic rings. The third kappa shape index (κ3) is 3.33. The normalized spacial score (nSPS) is 18.6. The number of para-hydroxylation sites is 3. The van der Waals surface area contributed by atoms with Crippen LogP contribution in [-0.4, -0.2) is 33.8 Å². The van der Waals surface area contributed by atoms with E-state index in [0.717, 1.165) is 46.0 Å². The Balaban J connectivity index is 1.30. The molecule has 0 radical (unpaired) electrons. The van der Waals surface area contributed by atoms with Crippen LogP contribution in [0, 0.1) is 6.92 Å². The molecule has 0 unspecified atom stereocenters. The number of hydrogen-bond donors (Lipinski definition) is 1. The number of aromatic nitrogens is 2. The van der Waals surface area contributed by atoms with Crippen molar-refractivity contribution in [2.75, 3.05) is 13.2 Å². The molecular formula is C27H24N2O4. The molecule has 0 amide bonds. The summed E-state index contributed by atoms with van der Waals surface area (Å²) in [6.07, 6.45) is 0.932. The van der Waals surface area contributed by atoms with Crippen LogP contribution in [0.4, 0.5) is 0 Å². The van der Waals surface area contributed by atoms with Crippen LogP contribution < -0.4 is 9.47 Å².